The van der Waals surface area contributed by atoms with Crippen molar-refractivity contribution >= 4 is 66.6 Å². The van der Waals surface area contributed by atoms with Crippen LogP contribution in [-0.2, 0) is 10.5 Å². The molecule has 3 rings (SSSR count). The molecule has 0 radical (unpaired) electrons. The number of nitrogens with zero attached hydrogens (tertiary/aromatic N) is 2. The lowest BCUT2D eigenvalue weighted by molar-refractivity contribution is -0.113. The maximum Gasteiger partial charge on any atom is 0.236 e. The molecule has 2 heterocycles. The fraction of sp³-hybridized carbons (Fsp3) is 0.133. The zero-order valence-electron chi connectivity index (χ0n) is 12.2. The molecule has 0 fully saturated rings. The number of carbonyl (C=O) groups excluding carboxylic acids is 1. The van der Waals surface area contributed by atoms with Crippen molar-refractivity contribution in [1.29, 1.82) is 0 Å². The van der Waals surface area contributed by atoms with Crippen LogP contribution in [0.25, 0.3) is 11.4 Å². The Morgan fingerprint density at radius 2 is 2.21 bits per heavy atom. The lowest BCUT2D eigenvalue weighted by atomic mass is 10.3. The molecule has 0 bridgehead atoms. The predicted octanol–water partition coefficient (Wildman–Crippen LogP) is 5.20. The van der Waals surface area contributed by atoms with Crippen LogP contribution in [0.15, 0.2) is 48.5 Å². The molecule has 0 aliphatic rings. The molecule has 0 saturated carbocycles. The Balaban J connectivity index is 1.48. The van der Waals surface area contributed by atoms with E-state index < -0.39 is 0 Å². The van der Waals surface area contributed by atoms with Gasteiger partial charge in [0, 0.05) is 19.9 Å². The highest BCUT2D eigenvalue weighted by molar-refractivity contribution is 9.11. The normalized spacial score (nSPS) is 10.8. The molecule has 0 saturated heterocycles. The summed E-state index contributed by atoms with van der Waals surface area (Å²) in [6.07, 6.45) is 0. The number of hydrogen-bond acceptors (Lipinski definition) is 6. The number of rotatable bonds is 6. The highest BCUT2D eigenvalue weighted by atomic mass is 79.9. The Kier molecular flexibility index (Phi) is 6.09. The Morgan fingerprint density at radius 3 is 2.96 bits per heavy atom. The largest absolute Gasteiger partial charge is 0.338 e. The van der Waals surface area contributed by atoms with Gasteiger partial charge in [-0.1, -0.05) is 21.1 Å². The van der Waals surface area contributed by atoms with Crippen LogP contribution in [0.3, 0.4) is 0 Å². The second-order valence-corrected chi connectivity index (χ2v) is 8.22. The minimum atomic E-state index is -0.0828. The Hall–Kier alpha value is -1.16. The van der Waals surface area contributed by atoms with Crippen molar-refractivity contribution in [1.82, 2.24) is 10.1 Å². The van der Waals surface area contributed by atoms with Crippen LogP contribution in [0, 0.1) is 0 Å². The minimum absolute atomic E-state index is 0.0828. The van der Waals surface area contributed by atoms with E-state index in [-0.39, 0.29) is 5.91 Å². The van der Waals surface area contributed by atoms with Crippen LogP contribution in [0.1, 0.15) is 5.89 Å². The number of thioether (sulfide) groups is 1. The molecule has 2 aromatic heterocycles. The van der Waals surface area contributed by atoms with Crippen molar-refractivity contribution in [2.75, 3.05) is 11.1 Å². The second kappa shape index (κ2) is 8.28. The molecular formula is C15H11Br2N3O2S2. The van der Waals surface area contributed by atoms with E-state index in [4.69, 9.17) is 4.52 Å². The Labute approximate surface area is 163 Å². The zero-order chi connectivity index (χ0) is 16.9. The number of hydrogen-bond donors (Lipinski definition) is 1. The van der Waals surface area contributed by atoms with E-state index in [1.807, 2.05) is 35.0 Å². The summed E-state index contributed by atoms with van der Waals surface area (Å²) >= 11 is 9.80. The quantitative estimate of drug-likeness (QED) is 0.516. The number of aromatic nitrogens is 2. The SMILES string of the molecule is O=C(CSCc1nc(-c2ccsc2)no1)Nc1ccc(Br)cc1Br. The van der Waals surface area contributed by atoms with Crippen molar-refractivity contribution in [2.24, 2.45) is 0 Å². The van der Waals surface area contributed by atoms with E-state index in [9.17, 15) is 4.79 Å². The number of anilines is 1. The average Bonchev–Trinajstić information content (AvgIpc) is 3.21. The fourth-order valence-electron chi connectivity index (χ4n) is 1.83. The molecule has 124 valence electrons. The molecule has 1 aromatic carbocycles. The van der Waals surface area contributed by atoms with Gasteiger partial charge >= 0.3 is 0 Å². The number of thiophene rings is 1. The van der Waals surface area contributed by atoms with Crippen molar-refractivity contribution < 1.29 is 9.32 Å². The van der Waals surface area contributed by atoms with Crippen molar-refractivity contribution in [3.63, 3.8) is 0 Å². The highest BCUT2D eigenvalue weighted by Gasteiger charge is 2.11. The molecule has 1 amide bonds. The van der Waals surface area contributed by atoms with E-state index in [0.29, 0.717) is 23.2 Å². The third-order valence-corrected chi connectivity index (χ3v) is 5.66. The van der Waals surface area contributed by atoms with Crippen molar-refractivity contribution in [3.8, 4) is 11.4 Å². The topological polar surface area (TPSA) is 68.0 Å². The first-order chi connectivity index (χ1) is 11.6. The first kappa shape index (κ1) is 17.7. The molecule has 5 nitrogen and oxygen atoms in total. The number of amides is 1. The zero-order valence-corrected chi connectivity index (χ0v) is 17.0. The van der Waals surface area contributed by atoms with Gasteiger partial charge in [0.1, 0.15) is 0 Å². The minimum Gasteiger partial charge on any atom is -0.338 e. The molecule has 1 N–H and O–H groups in total. The molecule has 9 heteroatoms. The molecule has 0 aliphatic carbocycles. The summed E-state index contributed by atoms with van der Waals surface area (Å²) in [5, 5.41) is 10.7. The summed E-state index contributed by atoms with van der Waals surface area (Å²) in [4.78, 5) is 16.3. The van der Waals surface area contributed by atoms with Gasteiger partial charge in [0.15, 0.2) is 0 Å². The third kappa shape index (κ3) is 4.69. The Bertz CT molecular complexity index is 837. The molecule has 0 atom stereocenters. The maximum atomic E-state index is 12.0. The summed E-state index contributed by atoms with van der Waals surface area (Å²) in [7, 11) is 0. The van der Waals surface area contributed by atoms with E-state index in [2.05, 4.69) is 47.3 Å². The summed E-state index contributed by atoms with van der Waals surface area (Å²) in [5.74, 6) is 1.81. The van der Waals surface area contributed by atoms with E-state index in [1.54, 1.807) is 11.3 Å². The van der Waals surface area contributed by atoms with Crippen LogP contribution < -0.4 is 5.32 Å². The number of benzene rings is 1. The summed E-state index contributed by atoms with van der Waals surface area (Å²) in [5.41, 5.74) is 1.68. The van der Waals surface area contributed by atoms with Crippen LogP contribution in [-0.4, -0.2) is 21.8 Å². The van der Waals surface area contributed by atoms with Gasteiger partial charge in [-0.3, -0.25) is 4.79 Å². The van der Waals surface area contributed by atoms with Crippen LogP contribution in [0.5, 0.6) is 0 Å². The second-order valence-electron chi connectivity index (χ2n) is 4.69. The molecule has 3 aromatic rings. The lowest BCUT2D eigenvalue weighted by Gasteiger charge is -2.07. The van der Waals surface area contributed by atoms with Crippen LogP contribution in [0.2, 0.25) is 0 Å². The number of halogens is 2. The van der Waals surface area contributed by atoms with Crippen molar-refractivity contribution in [2.45, 2.75) is 5.75 Å². The summed E-state index contributed by atoms with van der Waals surface area (Å²) in [6.45, 7) is 0. The Morgan fingerprint density at radius 1 is 1.33 bits per heavy atom. The molecule has 0 aliphatic heterocycles. The molecule has 0 spiro atoms. The smallest absolute Gasteiger partial charge is 0.236 e. The lowest BCUT2D eigenvalue weighted by Crippen LogP contribution is -2.14. The highest BCUT2D eigenvalue weighted by Crippen LogP contribution is 2.26. The van der Waals surface area contributed by atoms with Gasteiger partial charge < -0.3 is 9.84 Å². The van der Waals surface area contributed by atoms with E-state index in [1.165, 1.54) is 11.8 Å². The van der Waals surface area contributed by atoms with Crippen molar-refractivity contribution in [3.05, 3.63) is 49.9 Å². The van der Waals surface area contributed by atoms with E-state index in [0.717, 1.165) is 20.2 Å². The average molecular weight is 489 g/mol. The van der Waals surface area contributed by atoms with Gasteiger partial charge in [-0.05, 0) is 45.6 Å². The van der Waals surface area contributed by atoms with E-state index >= 15 is 0 Å². The van der Waals surface area contributed by atoms with Gasteiger partial charge in [0.05, 0.1) is 17.2 Å². The molecule has 24 heavy (non-hydrogen) atoms. The van der Waals surface area contributed by atoms with Crippen LogP contribution >= 0.6 is 55.0 Å². The van der Waals surface area contributed by atoms with Gasteiger partial charge in [0.25, 0.3) is 0 Å². The third-order valence-electron chi connectivity index (χ3n) is 2.91. The monoisotopic (exact) mass is 487 g/mol. The van der Waals surface area contributed by atoms with Gasteiger partial charge in [-0.15, -0.1) is 11.8 Å². The summed E-state index contributed by atoms with van der Waals surface area (Å²) in [6, 6.07) is 7.53. The van der Waals surface area contributed by atoms with Gasteiger partial charge in [0.2, 0.25) is 17.6 Å². The molecule has 0 unspecified atom stereocenters. The van der Waals surface area contributed by atoms with Crippen LogP contribution in [0.4, 0.5) is 5.69 Å². The standard InChI is InChI=1S/C15H11Br2N3O2S2/c16-10-1-2-12(11(17)5-10)18-13(21)7-24-8-14-19-15(20-22-14)9-3-4-23-6-9/h1-6H,7-8H2,(H,18,21). The van der Waals surface area contributed by atoms with Gasteiger partial charge in [-0.2, -0.15) is 16.3 Å². The predicted molar refractivity (Wildman–Crippen MR) is 104 cm³/mol. The maximum absolute atomic E-state index is 12.0. The summed E-state index contributed by atoms with van der Waals surface area (Å²) < 4.78 is 6.97. The fourth-order valence-corrected chi connectivity index (χ4v) is 4.26. The first-order valence-electron chi connectivity index (χ1n) is 6.79. The van der Waals surface area contributed by atoms with Gasteiger partial charge in [-0.25, -0.2) is 0 Å². The molecular weight excluding hydrogens is 478 g/mol. The number of nitrogens with one attached hydrogen (secondary N) is 1. The first-order valence-corrected chi connectivity index (χ1v) is 10.5. The number of carbonyl (C=O) groups is 1.